The lowest BCUT2D eigenvalue weighted by Crippen LogP contribution is -2.51. The van der Waals surface area contributed by atoms with Gasteiger partial charge in [0.2, 0.25) is 0 Å². The fourth-order valence-electron chi connectivity index (χ4n) is 6.02. The smallest absolute Gasteiger partial charge is 0.191 e. The van der Waals surface area contributed by atoms with E-state index >= 15 is 0 Å². The molecule has 0 aromatic carbocycles. The van der Waals surface area contributed by atoms with Gasteiger partial charge in [0.15, 0.2) is 5.96 Å². The molecule has 1 saturated carbocycles. The number of rotatable bonds is 7. The zero-order valence-corrected chi connectivity index (χ0v) is 22.0. The maximum Gasteiger partial charge on any atom is 0.191 e. The number of nitrogens with zero attached hydrogens (tertiary/aromatic N) is 3. The van der Waals surface area contributed by atoms with Gasteiger partial charge in [0.05, 0.1) is 6.61 Å². The highest BCUT2D eigenvalue weighted by atomic mass is 127. The molecular weight excluding hydrogens is 501 g/mol. The molecule has 2 unspecified atom stereocenters. The van der Waals surface area contributed by atoms with Gasteiger partial charge in [0, 0.05) is 58.5 Å². The van der Waals surface area contributed by atoms with E-state index in [1.807, 2.05) is 7.05 Å². The molecule has 0 bridgehead atoms. The Balaban J connectivity index is 0.00000272. The quantitative estimate of drug-likeness (QED) is 0.291. The summed E-state index contributed by atoms with van der Waals surface area (Å²) in [6.07, 6.45) is 13.6. The van der Waals surface area contributed by atoms with Crippen molar-refractivity contribution < 1.29 is 4.74 Å². The summed E-state index contributed by atoms with van der Waals surface area (Å²) in [7, 11) is 1.92. The topological polar surface area (TPSA) is 52.1 Å². The van der Waals surface area contributed by atoms with E-state index in [4.69, 9.17) is 4.74 Å². The Morgan fingerprint density at radius 2 is 1.71 bits per heavy atom. The molecule has 4 aliphatic rings. The van der Waals surface area contributed by atoms with E-state index in [-0.39, 0.29) is 24.0 Å². The van der Waals surface area contributed by atoms with Crippen LogP contribution in [0.15, 0.2) is 4.99 Å². The van der Waals surface area contributed by atoms with Crippen LogP contribution in [0.1, 0.15) is 64.2 Å². The first-order valence-electron chi connectivity index (χ1n) is 12.8. The molecule has 3 heterocycles. The number of nitrogens with one attached hydrogen (secondary N) is 2. The molecule has 0 aromatic heterocycles. The Morgan fingerprint density at radius 1 is 0.903 bits per heavy atom. The molecule has 4 fully saturated rings. The third-order valence-corrected chi connectivity index (χ3v) is 7.91. The highest BCUT2D eigenvalue weighted by Gasteiger charge is 2.28. The zero-order valence-electron chi connectivity index (χ0n) is 19.7. The summed E-state index contributed by atoms with van der Waals surface area (Å²) in [5, 5.41) is 7.37. The molecule has 31 heavy (non-hydrogen) atoms. The molecular formula is C24H46IN5O. The number of guanidine groups is 1. The minimum Gasteiger partial charge on any atom is -0.381 e. The molecule has 180 valence electrons. The van der Waals surface area contributed by atoms with E-state index in [1.165, 1.54) is 96.9 Å². The summed E-state index contributed by atoms with van der Waals surface area (Å²) < 4.78 is 5.54. The van der Waals surface area contributed by atoms with Crippen LogP contribution in [0.5, 0.6) is 0 Å². The number of aliphatic imine (C=N–C) groups is 1. The highest BCUT2D eigenvalue weighted by molar-refractivity contribution is 14.0. The molecule has 2 N–H and O–H groups in total. The zero-order chi connectivity index (χ0) is 20.6. The molecule has 0 aromatic rings. The van der Waals surface area contributed by atoms with E-state index in [0.29, 0.717) is 12.1 Å². The van der Waals surface area contributed by atoms with Crippen LogP contribution in [0.25, 0.3) is 0 Å². The van der Waals surface area contributed by atoms with Gasteiger partial charge in [0.25, 0.3) is 0 Å². The van der Waals surface area contributed by atoms with E-state index in [9.17, 15) is 0 Å². The summed E-state index contributed by atoms with van der Waals surface area (Å²) in [4.78, 5) is 9.93. The maximum atomic E-state index is 5.54. The summed E-state index contributed by atoms with van der Waals surface area (Å²) >= 11 is 0. The van der Waals surface area contributed by atoms with Gasteiger partial charge in [-0.2, -0.15) is 0 Å². The van der Waals surface area contributed by atoms with Crippen LogP contribution >= 0.6 is 24.0 Å². The van der Waals surface area contributed by atoms with Crippen molar-refractivity contribution in [1.29, 1.82) is 0 Å². The number of halogens is 1. The van der Waals surface area contributed by atoms with E-state index in [1.54, 1.807) is 0 Å². The second kappa shape index (κ2) is 13.6. The van der Waals surface area contributed by atoms with Crippen LogP contribution in [-0.2, 0) is 4.74 Å². The van der Waals surface area contributed by atoms with Crippen LogP contribution in [0, 0.1) is 11.8 Å². The molecule has 6 nitrogen and oxygen atoms in total. The molecule has 7 heteroatoms. The first-order valence-corrected chi connectivity index (χ1v) is 12.8. The van der Waals surface area contributed by atoms with E-state index in [0.717, 1.165) is 37.6 Å². The van der Waals surface area contributed by atoms with Gasteiger partial charge in [-0.3, -0.25) is 9.89 Å². The molecule has 0 amide bonds. The number of ether oxygens (including phenoxy) is 1. The first kappa shape index (κ1) is 25.5. The predicted octanol–water partition coefficient (Wildman–Crippen LogP) is 3.32. The number of hydrogen-bond acceptors (Lipinski definition) is 4. The third kappa shape index (κ3) is 8.00. The summed E-state index contributed by atoms with van der Waals surface area (Å²) in [6.45, 7) is 9.19. The van der Waals surface area contributed by atoms with Crippen molar-refractivity contribution in [2.75, 3.05) is 59.5 Å². The summed E-state index contributed by atoms with van der Waals surface area (Å²) in [5.74, 6) is 2.70. The Hall–Kier alpha value is -0.120. The van der Waals surface area contributed by atoms with Crippen molar-refractivity contribution in [2.45, 2.75) is 76.3 Å². The van der Waals surface area contributed by atoms with Gasteiger partial charge in [-0.15, -0.1) is 24.0 Å². The van der Waals surface area contributed by atoms with Crippen molar-refractivity contribution in [3.63, 3.8) is 0 Å². The SMILES string of the molecule is CN=C(NCC1CCCN1CC1CCCCC1)NC1CCN(CC2CCOC2)CC1.I. The molecule has 2 atom stereocenters. The molecule has 3 aliphatic heterocycles. The van der Waals surface area contributed by atoms with Gasteiger partial charge < -0.3 is 20.3 Å². The van der Waals surface area contributed by atoms with Gasteiger partial charge in [-0.05, 0) is 63.3 Å². The van der Waals surface area contributed by atoms with Crippen molar-refractivity contribution in [1.82, 2.24) is 20.4 Å². The van der Waals surface area contributed by atoms with Crippen molar-refractivity contribution >= 4 is 29.9 Å². The Morgan fingerprint density at radius 3 is 2.42 bits per heavy atom. The second-order valence-electron chi connectivity index (χ2n) is 10.2. The van der Waals surface area contributed by atoms with E-state index in [2.05, 4.69) is 25.4 Å². The first-order chi connectivity index (χ1) is 14.8. The average Bonchev–Trinajstić information content (AvgIpc) is 3.45. The largest absolute Gasteiger partial charge is 0.381 e. The fraction of sp³-hybridized carbons (Fsp3) is 0.958. The van der Waals surface area contributed by atoms with Crippen molar-refractivity contribution in [2.24, 2.45) is 16.8 Å². The number of likely N-dealkylation sites (tertiary alicyclic amines) is 2. The molecule has 1 aliphatic carbocycles. The predicted molar refractivity (Wildman–Crippen MR) is 139 cm³/mol. The number of hydrogen-bond donors (Lipinski definition) is 2. The van der Waals surface area contributed by atoms with E-state index < -0.39 is 0 Å². The second-order valence-corrected chi connectivity index (χ2v) is 10.2. The number of piperidine rings is 1. The normalized spacial score (nSPS) is 29.8. The average molecular weight is 548 g/mol. The van der Waals surface area contributed by atoms with Crippen LogP contribution in [-0.4, -0.2) is 87.4 Å². The minimum atomic E-state index is 0. The highest BCUT2D eigenvalue weighted by Crippen LogP contribution is 2.27. The molecule has 3 saturated heterocycles. The van der Waals surface area contributed by atoms with Crippen LogP contribution in [0.4, 0.5) is 0 Å². The Bertz CT molecular complexity index is 528. The van der Waals surface area contributed by atoms with Crippen LogP contribution in [0.2, 0.25) is 0 Å². The van der Waals surface area contributed by atoms with Gasteiger partial charge in [0.1, 0.15) is 0 Å². The maximum absolute atomic E-state index is 5.54. The Labute approximate surface area is 207 Å². The summed E-state index contributed by atoms with van der Waals surface area (Å²) in [6, 6.07) is 1.23. The lowest BCUT2D eigenvalue weighted by atomic mass is 9.89. The molecule has 0 spiro atoms. The third-order valence-electron chi connectivity index (χ3n) is 7.91. The molecule has 4 rings (SSSR count). The fourth-order valence-corrected chi connectivity index (χ4v) is 6.02. The standard InChI is InChI=1S/C24H45N5O.HI/c1-25-24(27-22-9-13-28(14-10-22)17-21-11-15-30-19-21)26-16-23-8-5-12-29(23)18-20-6-3-2-4-7-20;/h20-23H,2-19H2,1H3,(H2,25,26,27);1H. The molecule has 0 radical (unpaired) electrons. The Kier molecular flexibility index (Phi) is 11.2. The lowest BCUT2D eigenvalue weighted by molar-refractivity contribution is 0.150. The van der Waals surface area contributed by atoms with Crippen LogP contribution in [0.3, 0.4) is 0 Å². The van der Waals surface area contributed by atoms with Crippen molar-refractivity contribution in [3.8, 4) is 0 Å². The van der Waals surface area contributed by atoms with Crippen LogP contribution < -0.4 is 10.6 Å². The van der Waals surface area contributed by atoms with Gasteiger partial charge in [-0.1, -0.05) is 19.3 Å². The van der Waals surface area contributed by atoms with Crippen molar-refractivity contribution in [3.05, 3.63) is 0 Å². The van der Waals surface area contributed by atoms with Gasteiger partial charge in [-0.25, -0.2) is 0 Å². The lowest BCUT2D eigenvalue weighted by Gasteiger charge is -2.34. The monoisotopic (exact) mass is 547 g/mol. The minimum absolute atomic E-state index is 0. The van der Waals surface area contributed by atoms with Gasteiger partial charge >= 0.3 is 0 Å². The summed E-state index contributed by atoms with van der Waals surface area (Å²) in [5.41, 5.74) is 0.